The Bertz CT molecular complexity index is 496. The maximum atomic E-state index is 12.4. The van der Waals surface area contributed by atoms with Gasteiger partial charge in [-0.1, -0.05) is 18.2 Å². The minimum atomic E-state index is -0.109. The van der Waals surface area contributed by atoms with E-state index in [-0.39, 0.29) is 5.91 Å². The lowest BCUT2D eigenvalue weighted by atomic mass is 10.0. The predicted octanol–water partition coefficient (Wildman–Crippen LogP) is 1.85. The van der Waals surface area contributed by atoms with Gasteiger partial charge in [0.2, 0.25) is 5.76 Å². The van der Waals surface area contributed by atoms with Crippen LogP contribution in [0.3, 0.4) is 0 Å². The molecule has 0 fully saturated rings. The Labute approximate surface area is 106 Å². The number of hydrogen-bond acceptors (Lipinski definition) is 3. The Balaban J connectivity index is 1.89. The molecule has 0 radical (unpaired) electrons. The number of fused-ring (bicyclic) bond motifs is 1. The van der Waals surface area contributed by atoms with Crippen LogP contribution >= 0.6 is 0 Å². The van der Waals surface area contributed by atoms with Crippen LogP contribution in [0, 0.1) is 0 Å². The molecule has 1 aromatic carbocycles. The quantitative estimate of drug-likeness (QED) is 0.758. The van der Waals surface area contributed by atoms with Gasteiger partial charge < -0.3 is 14.4 Å². The number of amides is 1. The minimum Gasteiger partial charge on any atom is -0.494 e. The first kappa shape index (κ1) is 11.1. The zero-order valence-corrected chi connectivity index (χ0v) is 10.1. The third-order valence-corrected chi connectivity index (χ3v) is 3.22. The number of benzene rings is 1. The number of ether oxygens (including phenoxy) is 2. The van der Waals surface area contributed by atoms with Crippen molar-refractivity contribution in [3.63, 3.8) is 0 Å². The molecule has 0 spiro atoms. The highest BCUT2D eigenvalue weighted by molar-refractivity contribution is 6.04. The minimum absolute atomic E-state index is 0.109. The molecule has 18 heavy (non-hydrogen) atoms. The molecule has 2 heterocycles. The molecule has 94 valence electrons. The van der Waals surface area contributed by atoms with Crippen LogP contribution in [0.4, 0.5) is 5.69 Å². The van der Waals surface area contributed by atoms with Gasteiger partial charge in [-0.3, -0.25) is 4.79 Å². The maximum absolute atomic E-state index is 12.4. The zero-order chi connectivity index (χ0) is 12.4. The molecule has 0 atom stereocenters. The van der Waals surface area contributed by atoms with Crippen molar-refractivity contribution >= 4 is 11.6 Å². The zero-order valence-electron chi connectivity index (χ0n) is 10.1. The molecule has 0 N–H and O–H groups in total. The summed E-state index contributed by atoms with van der Waals surface area (Å²) in [4.78, 5) is 14.1. The van der Waals surface area contributed by atoms with Crippen LogP contribution in [0.2, 0.25) is 0 Å². The van der Waals surface area contributed by atoms with Gasteiger partial charge in [-0.15, -0.1) is 0 Å². The van der Waals surface area contributed by atoms with Gasteiger partial charge >= 0.3 is 0 Å². The summed E-state index contributed by atoms with van der Waals surface area (Å²) >= 11 is 0. The van der Waals surface area contributed by atoms with E-state index in [4.69, 9.17) is 9.47 Å². The standard InChI is InChI=1S/C14H15NO3/c16-14(13-10-17-8-9-18-13)15-7-3-5-11-4-1-2-6-12(11)15/h1-2,4,6,10H,3,5,7-9H2. The largest absolute Gasteiger partial charge is 0.494 e. The number of carbonyl (C=O) groups is 1. The van der Waals surface area contributed by atoms with Crippen LogP contribution in [-0.2, 0) is 20.7 Å². The summed E-state index contributed by atoms with van der Waals surface area (Å²) in [5.41, 5.74) is 2.21. The molecule has 0 saturated heterocycles. The molecular weight excluding hydrogens is 230 g/mol. The van der Waals surface area contributed by atoms with E-state index in [1.54, 1.807) is 4.90 Å². The second-order valence-electron chi connectivity index (χ2n) is 4.39. The maximum Gasteiger partial charge on any atom is 0.296 e. The first-order valence-corrected chi connectivity index (χ1v) is 6.20. The van der Waals surface area contributed by atoms with Crippen molar-refractivity contribution in [1.82, 2.24) is 0 Å². The van der Waals surface area contributed by atoms with Crippen LogP contribution in [0.5, 0.6) is 0 Å². The van der Waals surface area contributed by atoms with Crippen molar-refractivity contribution in [1.29, 1.82) is 0 Å². The number of nitrogens with zero attached hydrogens (tertiary/aromatic N) is 1. The van der Waals surface area contributed by atoms with E-state index in [9.17, 15) is 4.79 Å². The topological polar surface area (TPSA) is 38.8 Å². The van der Waals surface area contributed by atoms with Crippen LogP contribution in [0.15, 0.2) is 36.3 Å². The van der Waals surface area contributed by atoms with Gasteiger partial charge in [0.25, 0.3) is 5.91 Å². The van der Waals surface area contributed by atoms with Crippen molar-refractivity contribution < 1.29 is 14.3 Å². The van der Waals surface area contributed by atoms with E-state index in [0.29, 0.717) is 19.0 Å². The lowest BCUT2D eigenvalue weighted by molar-refractivity contribution is -0.119. The highest BCUT2D eigenvalue weighted by atomic mass is 16.6. The molecule has 0 aromatic heterocycles. The highest BCUT2D eigenvalue weighted by Gasteiger charge is 2.26. The van der Waals surface area contributed by atoms with Crippen molar-refractivity contribution in [2.75, 3.05) is 24.7 Å². The molecule has 0 saturated carbocycles. The normalized spacial score (nSPS) is 18.2. The lowest BCUT2D eigenvalue weighted by Gasteiger charge is -2.30. The summed E-state index contributed by atoms with van der Waals surface area (Å²) in [6, 6.07) is 8.02. The fraction of sp³-hybridized carbons (Fsp3) is 0.357. The molecule has 4 heteroatoms. The third kappa shape index (κ3) is 1.94. The molecule has 4 nitrogen and oxygen atoms in total. The number of rotatable bonds is 1. The van der Waals surface area contributed by atoms with Crippen LogP contribution < -0.4 is 4.90 Å². The summed E-state index contributed by atoms with van der Waals surface area (Å²) in [6.45, 7) is 1.68. The Morgan fingerprint density at radius 2 is 2.11 bits per heavy atom. The highest BCUT2D eigenvalue weighted by Crippen LogP contribution is 2.28. The number of hydrogen-bond donors (Lipinski definition) is 0. The Hall–Kier alpha value is -1.97. The monoisotopic (exact) mass is 245 g/mol. The molecule has 1 aromatic rings. The summed E-state index contributed by atoms with van der Waals surface area (Å²) in [5, 5.41) is 0. The molecule has 3 rings (SSSR count). The van der Waals surface area contributed by atoms with Crippen molar-refractivity contribution in [2.24, 2.45) is 0 Å². The second kappa shape index (κ2) is 4.72. The SMILES string of the molecule is O=C(C1=COCCO1)N1CCCc2ccccc21. The Morgan fingerprint density at radius 1 is 1.22 bits per heavy atom. The van der Waals surface area contributed by atoms with E-state index in [0.717, 1.165) is 25.1 Å². The molecule has 2 aliphatic heterocycles. The summed E-state index contributed by atoms with van der Waals surface area (Å²) in [6.07, 6.45) is 3.43. The van der Waals surface area contributed by atoms with Crippen molar-refractivity contribution in [3.05, 3.63) is 41.9 Å². The average Bonchev–Trinajstić information content (AvgIpc) is 2.47. The van der Waals surface area contributed by atoms with E-state index >= 15 is 0 Å². The predicted molar refractivity (Wildman–Crippen MR) is 67.1 cm³/mol. The van der Waals surface area contributed by atoms with Gasteiger partial charge in [0.05, 0.1) is 0 Å². The van der Waals surface area contributed by atoms with Gasteiger partial charge in [0.1, 0.15) is 19.5 Å². The smallest absolute Gasteiger partial charge is 0.296 e. The van der Waals surface area contributed by atoms with E-state index in [1.165, 1.54) is 11.8 Å². The molecule has 1 amide bonds. The first-order valence-electron chi connectivity index (χ1n) is 6.20. The summed E-state index contributed by atoms with van der Waals surface area (Å²) in [5.74, 6) is 0.194. The first-order chi connectivity index (χ1) is 8.86. The molecule has 2 aliphatic rings. The summed E-state index contributed by atoms with van der Waals surface area (Å²) in [7, 11) is 0. The van der Waals surface area contributed by atoms with E-state index in [1.807, 2.05) is 18.2 Å². The molecule has 0 unspecified atom stereocenters. The number of carbonyl (C=O) groups excluding carboxylic acids is 1. The van der Waals surface area contributed by atoms with Gasteiger partial charge in [-0.2, -0.15) is 0 Å². The van der Waals surface area contributed by atoms with Crippen molar-refractivity contribution in [2.45, 2.75) is 12.8 Å². The van der Waals surface area contributed by atoms with E-state index in [2.05, 4.69) is 6.07 Å². The van der Waals surface area contributed by atoms with Gasteiger partial charge in [0, 0.05) is 12.2 Å². The van der Waals surface area contributed by atoms with Gasteiger partial charge in [0.15, 0.2) is 0 Å². The number of aryl methyl sites for hydroxylation is 1. The number of para-hydroxylation sites is 1. The van der Waals surface area contributed by atoms with Crippen LogP contribution in [0.1, 0.15) is 12.0 Å². The molecule has 0 aliphatic carbocycles. The van der Waals surface area contributed by atoms with Gasteiger partial charge in [-0.05, 0) is 24.5 Å². The number of anilines is 1. The fourth-order valence-electron chi connectivity index (χ4n) is 2.36. The van der Waals surface area contributed by atoms with Crippen LogP contribution in [0.25, 0.3) is 0 Å². The average molecular weight is 245 g/mol. The van der Waals surface area contributed by atoms with Crippen LogP contribution in [-0.4, -0.2) is 25.7 Å². The fourth-order valence-corrected chi connectivity index (χ4v) is 2.36. The Morgan fingerprint density at radius 3 is 2.94 bits per heavy atom. The van der Waals surface area contributed by atoms with E-state index < -0.39 is 0 Å². The van der Waals surface area contributed by atoms with Gasteiger partial charge in [-0.25, -0.2) is 0 Å². The molecular formula is C14H15NO3. The Kier molecular flexibility index (Phi) is 2.92. The third-order valence-electron chi connectivity index (χ3n) is 3.22. The van der Waals surface area contributed by atoms with Crippen molar-refractivity contribution in [3.8, 4) is 0 Å². The lowest BCUT2D eigenvalue weighted by Crippen LogP contribution is -2.37. The molecule has 0 bridgehead atoms. The summed E-state index contributed by atoms with van der Waals surface area (Å²) < 4.78 is 10.5. The second-order valence-corrected chi connectivity index (χ2v) is 4.39.